The van der Waals surface area contributed by atoms with Crippen LogP contribution in [-0.2, 0) is 24.2 Å². The maximum atomic E-state index is 12.9. The van der Waals surface area contributed by atoms with E-state index in [0.717, 1.165) is 50.3 Å². The highest BCUT2D eigenvalue weighted by atomic mass is 32.1. The Morgan fingerprint density at radius 2 is 1.84 bits per heavy atom. The molecule has 0 unspecified atom stereocenters. The van der Waals surface area contributed by atoms with Crippen LogP contribution >= 0.6 is 11.3 Å². The van der Waals surface area contributed by atoms with E-state index in [2.05, 4.69) is 41.6 Å². The molecule has 0 atom stereocenters. The molecule has 164 valence electrons. The SMILES string of the molecule is COc1cc2c(cc1OC)CC(=O)N(CCCN(C)Cc1csc3ccccc13)CC2. The maximum Gasteiger partial charge on any atom is 0.227 e. The van der Waals surface area contributed by atoms with Crippen LogP contribution in [0.2, 0.25) is 0 Å². The summed E-state index contributed by atoms with van der Waals surface area (Å²) in [6, 6.07) is 12.5. The Hall–Kier alpha value is -2.57. The molecule has 0 fully saturated rings. The number of ether oxygens (including phenoxy) is 2. The van der Waals surface area contributed by atoms with Crippen LogP contribution in [0.25, 0.3) is 10.1 Å². The number of methoxy groups -OCH3 is 2. The van der Waals surface area contributed by atoms with Gasteiger partial charge in [0, 0.05) is 24.3 Å². The predicted octanol–water partition coefficient (Wildman–Crippen LogP) is 4.37. The molecule has 1 aliphatic heterocycles. The summed E-state index contributed by atoms with van der Waals surface area (Å²) in [5, 5.41) is 3.62. The first-order valence-corrected chi connectivity index (χ1v) is 11.6. The number of thiophene rings is 1. The van der Waals surface area contributed by atoms with Crippen molar-refractivity contribution in [1.82, 2.24) is 9.80 Å². The van der Waals surface area contributed by atoms with E-state index < -0.39 is 0 Å². The van der Waals surface area contributed by atoms with Crippen molar-refractivity contribution in [3.8, 4) is 11.5 Å². The lowest BCUT2D eigenvalue weighted by atomic mass is 10.0. The molecule has 0 saturated carbocycles. The van der Waals surface area contributed by atoms with Crippen LogP contribution in [0.5, 0.6) is 11.5 Å². The first-order valence-electron chi connectivity index (χ1n) is 10.7. The lowest BCUT2D eigenvalue weighted by molar-refractivity contribution is -0.130. The van der Waals surface area contributed by atoms with Crippen LogP contribution < -0.4 is 9.47 Å². The number of amides is 1. The van der Waals surface area contributed by atoms with Gasteiger partial charge in [0.1, 0.15) is 0 Å². The number of carbonyl (C=O) groups excluding carboxylic acids is 1. The van der Waals surface area contributed by atoms with Crippen molar-refractivity contribution in [3.05, 3.63) is 58.5 Å². The second kappa shape index (κ2) is 9.71. The van der Waals surface area contributed by atoms with Crippen LogP contribution in [0.4, 0.5) is 0 Å². The summed E-state index contributed by atoms with van der Waals surface area (Å²) >= 11 is 1.81. The molecule has 2 heterocycles. The van der Waals surface area contributed by atoms with Gasteiger partial charge in [-0.3, -0.25) is 4.79 Å². The summed E-state index contributed by atoms with van der Waals surface area (Å²) in [6.45, 7) is 3.43. The zero-order chi connectivity index (χ0) is 21.8. The van der Waals surface area contributed by atoms with Gasteiger partial charge >= 0.3 is 0 Å². The third-order valence-corrected chi connectivity index (χ3v) is 7.03. The average molecular weight is 439 g/mol. The zero-order valence-electron chi connectivity index (χ0n) is 18.5. The van der Waals surface area contributed by atoms with Crippen LogP contribution in [0, 0.1) is 0 Å². The van der Waals surface area contributed by atoms with E-state index >= 15 is 0 Å². The van der Waals surface area contributed by atoms with Gasteiger partial charge < -0.3 is 19.3 Å². The van der Waals surface area contributed by atoms with Gasteiger partial charge in [-0.15, -0.1) is 11.3 Å². The molecule has 0 spiro atoms. The second-order valence-corrected chi connectivity index (χ2v) is 9.04. The minimum atomic E-state index is 0.192. The van der Waals surface area contributed by atoms with E-state index in [9.17, 15) is 4.79 Å². The first kappa shape index (κ1) is 21.7. The van der Waals surface area contributed by atoms with Gasteiger partial charge in [0.05, 0.1) is 20.6 Å². The Labute approximate surface area is 188 Å². The fraction of sp³-hybridized carbons (Fsp3) is 0.400. The molecule has 0 saturated heterocycles. The first-order chi connectivity index (χ1) is 15.1. The molecule has 5 nitrogen and oxygen atoms in total. The number of fused-ring (bicyclic) bond motifs is 2. The molecule has 6 heteroatoms. The van der Waals surface area contributed by atoms with Crippen LogP contribution in [0.15, 0.2) is 41.8 Å². The van der Waals surface area contributed by atoms with Crippen molar-refractivity contribution in [1.29, 1.82) is 0 Å². The fourth-order valence-corrected chi connectivity index (χ4v) is 5.26. The summed E-state index contributed by atoms with van der Waals surface area (Å²) in [5.41, 5.74) is 3.61. The molecule has 0 N–H and O–H groups in total. The third kappa shape index (κ3) is 4.86. The highest BCUT2D eigenvalue weighted by molar-refractivity contribution is 7.17. The lowest BCUT2D eigenvalue weighted by Crippen LogP contribution is -2.34. The quantitative estimate of drug-likeness (QED) is 0.524. The van der Waals surface area contributed by atoms with E-state index in [-0.39, 0.29) is 5.91 Å². The number of hydrogen-bond donors (Lipinski definition) is 0. The molecule has 3 aromatic rings. The standard InChI is InChI=1S/C25H30N2O3S/c1-26(16-20-17-31-24-8-5-4-7-21(20)24)10-6-11-27-12-9-18-13-22(29-2)23(30-3)14-19(18)15-25(27)28/h4-5,7-8,13-14,17H,6,9-12,15-16H2,1-3H3. The number of benzene rings is 2. The molecule has 1 amide bonds. The monoisotopic (exact) mass is 438 g/mol. The van der Waals surface area contributed by atoms with Gasteiger partial charge in [0.25, 0.3) is 0 Å². The lowest BCUT2D eigenvalue weighted by Gasteiger charge is -2.22. The average Bonchev–Trinajstić information content (AvgIpc) is 3.11. The zero-order valence-corrected chi connectivity index (χ0v) is 19.3. The van der Waals surface area contributed by atoms with Gasteiger partial charge in [0.15, 0.2) is 11.5 Å². The Morgan fingerprint density at radius 1 is 1.10 bits per heavy atom. The van der Waals surface area contributed by atoms with Crippen LogP contribution in [0.1, 0.15) is 23.1 Å². The number of carbonyl (C=O) groups is 1. The Bertz CT molecular complexity index is 1060. The smallest absolute Gasteiger partial charge is 0.227 e. The van der Waals surface area contributed by atoms with E-state index in [1.807, 2.05) is 17.0 Å². The molecule has 2 aromatic carbocycles. The van der Waals surface area contributed by atoms with E-state index in [1.165, 1.54) is 21.2 Å². The van der Waals surface area contributed by atoms with Gasteiger partial charge in [-0.2, -0.15) is 0 Å². The van der Waals surface area contributed by atoms with Gasteiger partial charge in [-0.25, -0.2) is 0 Å². The molecule has 0 bridgehead atoms. The van der Waals surface area contributed by atoms with Crippen molar-refractivity contribution < 1.29 is 14.3 Å². The Balaban J connectivity index is 1.32. The maximum absolute atomic E-state index is 12.9. The minimum Gasteiger partial charge on any atom is -0.493 e. The van der Waals surface area contributed by atoms with Crippen molar-refractivity contribution in [2.45, 2.75) is 25.8 Å². The summed E-state index contributed by atoms with van der Waals surface area (Å²) in [7, 11) is 5.43. The molecular weight excluding hydrogens is 408 g/mol. The highest BCUT2D eigenvalue weighted by Crippen LogP contribution is 2.32. The topological polar surface area (TPSA) is 42.0 Å². The van der Waals surface area contributed by atoms with Gasteiger partial charge in [-0.05, 0) is 72.1 Å². The summed E-state index contributed by atoms with van der Waals surface area (Å²) in [4.78, 5) is 17.2. The van der Waals surface area contributed by atoms with Crippen molar-refractivity contribution in [2.75, 3.05) is 40.9 Å². The van der Waals surface area contributed by atoms with Crippen molar-refractivity contribution >= 4 is 27.3 Å². The van der Waals surface area contributed by atoms with E-state index in [4.69, 9.17) is 9.47 Å². The Kier molecular flexibility index (Phi) is 6.78. The summed E-state index contributed by atoms with van der Waals surface area (Å²) in [5.74, 6) is 1.60. The van der Waals surface area contributed by atoms with E-state index in [0.29, 0.717) is 12.2 Å². The molecule has 0 radical (unpaired) electrons. The predicted molar refractivity (Wildman–Crippen MR) is 126 cm³/mol. The van der Waals surface area contributed by atoms with E-state index in [1.54, 1.807) is 25.6 Å². The van der Waals surface area contributed by atoms with Crippen LogP contribution in [0.3, 0.4) is 0 Å². The molecule has 4 rings (SSSR count). The molecule has 1 aliphatic rings. The normalized spacial score (nSPS) is 14.1. The highest BCUT2D eigenvalue weighted by Gasteiger charge is 2.22. The number of nitrogens with zero attached hydrogens (tertiary/aromatic N) is 2. The summed E-state index contributed by atoms with van der Waals surface area (Å²) < 4.78 is 12.2. The van der Waals surface area contributed by atoms with Gasteiger partial charge in [0.2, 0.25) is 5.91 Å². The van der Waals surface area contributed by atoms with Crippen molar-refractivity contribution in [3.63, 3.8) is 0 Å². The molecule has 1 aromatic heterocycles. The number of hydrogen-bond acceptors (Lipinski definition) is 5. The fourth-order valence-electron chi connectivity index (χ4n) is 4.31. The largest absolute Gasteiger partial charge is 0.493 e. The molecule has 0 aliphatic carbocycles. The van der Waals surface area contributed by atoms with Crippen molar-refractivity contribution in [2.24, 2.45) is 0 Å². The second-order valence-electron chi connectivity index (χ2n) is 8.13. The summed E-state index contributed by atoms with van der Waals surface area (Å²) in [6.07, 6.45) is 2.23. The third-order valence-electron chi connectivity index (χ3n) is 6.02. The molecule has 31 heavy (non-hydrogen) atoms. The minimum absolute atomic E-state index is 0.192. The Morgan fingerprint density at radius 3 is 2.61 bits per heavy atom. The van der Waals surface area contributed by atoms with Crippen LogP contribution in [-0.4, -0.2) is 56.6 Å². The number of rotatable bonds is 8. The van der Waals surface area contributed by atoms with Gasteiger partial charge in [-0.1, -0.05) is 18.2 Å². The molecular formula is C25H30N2O3S.